The minimum absolute atomic E-state index is 0.296. The average Bonchev–Trinajstić information content (AvgIpc) is 2.55. The van der Waals surface area contributed by atoms with Crippen molar-refractivity contribution in [3.63, 3.8) is 0 Å². The molecule has 5 nitrogen and oxygen atoms in total. The molecule has 0 N–H and O–H groups in total. The number of hydrogen-bond donors (Lipinski definition) is 0. The first-order chi connectivity index (χ1) is 6.96. The van der Waals surface area contributed by atoms with Crippen LogP contribution in [0.1, 0.15) is 20.3 Å². The van der Waals surface area contributed by atoms with Crippen LogP contribution in [0.4, 0.5) is 0 Å². The fraction of sp³-hybridized carbons (Fsp3) is 0.700. The van der Waals surface area contributed by atoms with Crippen molar-refractivity contribution in [3.8, 4) is 0 Å². The van der Waals surface area contributed by atoms with Gasteiger partial charge in [-0.3, -0.25) is 4.79 Å². The summed E-state index contributed by atoms with van der Waals surface area (Å²) in [5.41, 5.74) is -0.970. The summed E-state index contributed by atoms with van der Waals surface area (Å²) in [6, 6.07) is -0.621. The number of ether oxygens (including phenoxy) is 1. The van der Waals surface area contributed by atoms with Gasteiger partial charge in [-0.2, -0.15) is 0 Å². The molecule has 15 heavy (non-hydrogen) atoms. The van der Waals surface area contributed by atoms with Crippen LogP contribution in [0.5, 0.6) is 0 Å². The molecule has 1 heterocycles. The smallest absolute Gasteiger partial charge is 0.328 e. The van der Waals surface area contributed by atoms with Crippen molar-refractivity contribution in [2.75, 3.05) is 13.7 Å². The minimum Gasteiger partial charge on any atom is -0.467 e. The second kappa shape index (κ2) is 4.00. The molecule has 0 aromatic heterocycles. The van der Waals surface area contributed by atoms with Crippen LogP contribution in [0.25, 0.3) is 0 Å². The van der Waals surface area contributed by atoms with Gasteiger partial charge in [0.05, 0.1) is 7.11 Å². The van der Waals surface area contributed by atoms with Crippen molar-refractivity contribution in [1.82, 2.24) is 4.90 Å². The summed E-state index contributed by atoms with van der Waals surface area (Å²) in [6.07, 6.45) is 1.11. The van der Waals surface area contributed by atoms with Crippen LogP contribution in [0.2, 0.25) is 0 Å². The maximum atomic E-state index is 11.8. The Morgan fingerprint density at radius 1 is 1.67 bits per heavy atom. The first kappa shape index (κ1) is 11.7. The lowest BCUT2D eigenvalue weighted by molar-refractivity contribution is -0.152. The van der Waals surface area contributed by atoms with Gasteiger partial charge < -0.3 is 14.4 Å². The molecule has 0 aromatic carbocycles. The number of aldehydes is 1. The van der Waals surface area contributed by atoms with E-state index in [9.17, 15) is 14.4 Å². The van der Waals surface area contributed by atoms with Crippen LogP contribution in [0.15, 0.2) is 0 Å². The molecule has 0 radical (unpaired) electrons. The average molecular weight is 213 g/mol. The standard InChI is InChI=1S/C10H15NO4/c1-7(8(13)15-3)11-5-4-10(2,6-12)9(11)14/h6-7H,4-5H2,1-3H3. The molecular weight excluding hydrogens is 198 g/mol. The van der Waals surface area contributed by atoms with Gasteiger partial charge in [0.15, 0.2) is 0 Å². The van der Waals surface area contributed by atoms with Crippen LogP contribution in [-0.4, -0.2) is 42.8 Å². The van der Waals surface area contributed by atoms with E-state index in [1.54, 1.807) is 13.8 Å². The van der Waals surface area contributed by atoms with Gasteiger partial charge in [-0.1, -0.05) is 0 Å². The number of hydrogen-bond acceptors (Lipinski definition) is 4. The molecule has 1 rings (SSSR count). The van der Waals surface area contributed by atoms with Gasteiger partial charge in [0, 0.05) is 6.54 Å². The van der Waals surface area contributed by atoms with E-state index in [0.717, 1.165) is 0 Å². The molecule has 0 spiro atoms. The summed E-state index contributed by atoms with van der Waals surface area (Å²) in [5.74, 6) is -0.756. The summed E-state index contributed by atoms with van der Waals surface area (Å²) < 4.78 is 4.55. The van der Waals surface area contributed by atoms with Crippen LogP contribution in [0, 0.1) is 5.41 Å². The van der Waals surface area contributed by atoms with E-state index < -0.39 is 17.4 Å². The molecule has 5 heteroatoms. The molecule has 1 saturated heterocycles. The largest absolute Gasteiger partial charge is 0.467 e. The number of carbonyl (C=O) groups is 3. The van der Waals surface area contributed by atoms with Gasteiger partial charge in [0.1, 0.15) is 17.7 Å². The third-order valence-corrected chi connectivity index (χ3v) is 2.89. The van der Waals surface area contributed by atoms with Crippen molar-refractivity contribution < 1.29 is 19.1 Å². The summed E-state index contributed by atoms with van der Waals surface area (Å²) >= 11 is 0. The molecule has 0 saturated carbocycles. The molecule has 0 aromatic rings. The first-order valence-corrected chi connectivity index (χ1v) is 4.81. The summed E-state index contributed by atoms with van der Waals surface area (Å²) in [5, 5.41) is 0. The molecule has 1 aliphatic rings. The molecule has 84 valence electrons. The predicted octanol–water partition coefficient (Wildman–Crippen LogP) is -0.0146. The number of esters is 1. The summed E-state index contributed by atoms with van der Waals surface area (Å²) in [4.78, 5) is 35.2. The summed E-state index contributed by atoms with van der Waals surface area (Å²) in [7, 11) is 1.28. The zero-order valence-corrected chi connectivity index (χ0v) is 9.15. The Kier molecular flexibility index (Phi) is 3.12. The van der Waals surface area contributed by atoms with E-state index in [4.69, 9.17) is 0 Å². The number of carbonyl (C=O) groups excluding carboxylic acids is 3. The van der Waals surface area contributed by atoms with Crippen molar-refractivity contribution in [2.24, 2.45) is 5.41 Å². The molecular formula is C10H15NO4. The van der Waals surface area contributed by atoms with E-state index in [1.807, 2.05) is 0 Å². The third kappa shape index (κ3) is 1.86. The predicted molar refractivity (Wildman–Crippen MR) is 52.0 cm³/mol. The van der Waals surface area contributed by atoms with Crippen LogP contribution < -0.4 is 0 Å². The molecule has 1 aliphatic heterocycles. The maximum absolute atomic E-state index is 11.8. The normalized spacial score (nSPS) is 27.7. The number of likely N-dealkylation sites (tertiary alicyclic amines) is 1. The summed E-state index contributed by atoms with van der Waals surface area (Å²) in [6.45, 7) is 3.61. The highest BCUT2D eigenvalue weighted by Gasteiger charge is 2.45. The van der Waals surface area contributed by atoms with Gasteiger partial charge >= 0.3 is 5.97 Å². The molecule has 1 fully saturated rings. The van der Waals surface area contributed by atoms with Gasteiger partial charge in [-0.15, -0.1) is 0 Å². The van der Waals surface area contributed by atoms with E-state index in [1.165, 1.54) is 12.0 Å². The number of rotatable bonds is 3. The van der Waals surface area contributed by atoms with Crippen LogP contribution in [0.3, 0.4) is 0 Å². The SMILES string of the molecule is COC(=O)C(C)N1CCC(C)(C=O)C1=O. The molecule has 1 amide bonds. The van der Waals surface area contributed by atoms with E-state index in [-0.39, 0.29) is 5.91 Å². The van der Waals surface area contributed by atoms with Crippen molar-refractivity contribution in [1.29, 1.82) is 0 Å². The molecule has 2 unspecified atom stereocenters. The number of nitrogens with zero attached hydrogens (tertiary/aromatic N) is 1. The number of methoxy groups -OCH3 is 1. The minimum atomic E-state index is -0.970. The Bertz CT molecular complexity index is 302. The lowest BCUT2D eigenvalue weighted by Crippen LogP contribution is -2.43. The molecule has 2 atom stereocenters. The fourth-order valence-corrected chi connectivity index (χ4v) is 1.67. The lowest BCUT2D eigenvalue weighted by Gasteiger charge is -2.23. The zero-order chi connectivity index (χ0) is 11.6. The van der Waals surface area contributed by atoms with E-state index in [2.05, 4.69) is 4.74 Å². The second-order valence-electron chi connectivity index (χ2n) is 3.98. The third-order valence-electron chi connectivity index (χ3n) is 2.89. The van der Waals surface area contributed by atoms with Crippen LogP contribution in [-0.2, 0) is 19.1 Å². The number of amides is 1. The van der Waals surface area contributed by atoms with Crippen molar-refractivity contribution in [3.05, 3.63) is 0 Å². The first-order valence-electron chi connectivity index (χ1n) is 4.81. The maximum Gasteiger partial charge on any atom is 0.328 e. The Hall–Kier alpha value is -1.39. The topological polar surface area (TPSA) is 63.7 Å². The quantitative estimate of drug-likeness (QED) is 0.375. The molecule has 0 bridgehead atoms. The Morgan fingerprint density at radius 2 is 2.27 bits per heavy atom. The highest BCUT2D eigenvalue weighted by atomic mass is 16.5. The Morgan fingerprint density at radius 3 is 2.67 bits per heavy atom. The van der Waals surface area contributed by atoms with Gasteiger partial charge in [0.2, 0.25) is 5.91 Å². The highest BCUT2D eigenvalue weighted by Crippen LogP contribution is 2.30. The van der Waals surface area contributed by atoms with Gasteiger partial charge in [-0.25, -0.2) is 4.79 Å². The second-order valence-corrected chi connectivity index (χ2v) is 3.98. The monoisotopic (exact) mass is 213 g/mol. The van der Waals surface area contributed by atoms with Crippen molar-refractivity contribution in [2.45, 2.75) is 26.3 Å². The Labute approximate surface area is 88.4 Å². The van der Waals surface area contributed by atoms with Crippen LogP contribution >= 0.6 is 0 Å². The zero-order valence-electron chi connectivity index (χ0n) is 9.15. The fourth-order valence-electron chi connectivity index (χ4n) is 1.67. The Balaban J connectivity index is 2.80. The van der Waals surface area contributed by atoms with Crippen molar-refractivity contribution >= 4 is 18.2 Å². The van der Waals surface area contributed by atoms with E-state index >= 15 is 0 Å². The van der Waals surface area contributed by atoms with E-state index in [0.29, 0.717) is 19.3 Å². The highest BCUT2D eigenvalue weighted by molar-refractivity contribution is 5.99. The van der Waals surface area contributed by atoms with Gasteiger partial charge in [0.25, 0.3) is 0 Å². The van der Waals surface area contributed by atoms with Gasteiger partial charge in [-0.05, 0) is 20.3 Å². The lowest BCUT2D eigenvalue weighted by atomic mass is 9.91. The molecule has 0 aliphatic carbocycles.